The lowest BCUT2D eigenvalue weighted by Crippen LogP contribution is -2.25. The Morgan fingerprint density at radius 1 is 1.53 bits per heavy atom. The molecule has 6 heteroatoms. The Balaban J connectivity index is 2.62. The number of methoxy groups -OCH3 is 1. The van der Waals surface area contributed by atoms with E-state index in [0.29, 0.717) is 19.8 Å². The van der Waals surface area contributed by atoms with E-state index in [9.17, 15) is 0 Å². The summed E-state index contributed by atoms with van der Waals surface area (Å²) in [6, 6.07) is 0.128. The molecule has 0 radical (unpaired) electrons. The van der Waals surface area contributed by atoms with Crippen molar-refractivity contribution in [1.82, 2.24) is 15.1 Å². The maximum absolute atomic E-state index is 5.56. The van der Waals surface area contributed by atoms with E-state index in [1.54, 1.807) is 7.11 Å². The molecule has 0 aromatic carbocycles. The van der Waals surface area contributed by atoms with Gasteiger partial charge in [-0.1, -0.05) is 0 Å². The largest absolute Gasteiger partial charge is 0.382 e. The van der Waals surface area contributed by atoms with Gasteiger partial charge in [-0.3, -0.25) is 4.68 Å². The highest BCUT2D eigenvalue weighted by atomic mass is 79.9. The first-order valence-electron chi connectivity index (χ1n) is 5.69. The highest BCUT2D eigenvalue weighted by molar-refractivity contribution is 9.10. The van der Waals surface area contributed by atoms with Gasteiger partial charge in [-0.05, 0) is 29.9 Å². The third-order valence-corrected chi connectivity index (χ3v) is 3.14. The van der Waals surface area contributed by atoms with Gasteiger partial charge in [0.2, 0.25) is 0 Å². The molecular formula is C11H20BrN3O2. The summed E-state index contributed by atoms with van der Waals surface area (Å²) in [5.74, 6) is 0. The minimum atomic E-state index is 0.128. The predicted octanol–water partition coefficient (Wildman–Crippen LogP) is 1.59. The molecule has 0 amide bonds. The Morgan fingerprint density at radius 3 is 2.88 bits per heavy atom. The fraction of sp³-hybridized carbons (Fsp3) is 0.727. The molecule has 17 heavy (non-hydrogen) atoms. The molecule has 1 aromatic heterocycles. The normalized spacial score (nSPS) is 12.9. The number of ether oxygens (including phenoxy) is 2. The fourth-order valence-electron chi connectivity index (χ4n) is 1.61. The highest BCUT2D eigenvalue weighted by Gasteiger charge is 2.18. The van der Waals surface area contributed by atoms with Crippen LogP contribution in [0.4, 0.5) is 0 Å². The molecule has 0 fully saturated rings. The topological polar surface area (TPSA) is 48.3 Å². The maximum Gasteiger partial charge on any atom is 0.0738 e. The van der Waals surface area contributed by atoms with E-state index in [0.717, 1.165) is 16.7 Å². The molecule has 0 aliphatic carbocycles. The summed E-state index contributed by atoms with van der Waals surface area (Å²) in [6.45, 7) is 4.74. The number of halogens is 1. The number of aromatic nitrogens is 2. The molecule has 0 spiro atoms. The Morgan fingerprint density at radius 2 is 2.29 bits per heavy atom. The van der Waals surface area contributed by atoms with Crippen LogP contribution in [0.5, 0.6) is 0 Å². The van der Waals surface area contributed by atoms with Gasteiger partial charge < -0.3 is 14.8 Å². The lowest BCUT2D eigenvalue weighted by molar-refractivity contribution is 0.0583. The summed E-state index contributed by atoms with van der Waals surface area (Å²) < 4.78 is 13.5. The first-order chi connectivity index (χ1) is 8.24. The molecule has 1 unspecified atom stereocenters. The summed E-state index contributed by atoms with van der Waals surface area (Å²) in [7, 11) is 3.59. The van der Waals surface area contributed by atoms with Crippen molar-refractivity contribution in [2.24, 2.45) is 0 Å². The second-order valence-corrected chi connectivity index (χ2v) is 4.46. The molecule has 5 nitrogen and oxygen atoms in total. The van der Waals surface area contributed by atoms with Crippen molar-refractivity contribution in [3.8, 4) is 0 Å². The zero-order valence-corrected chi connectivity index (χ0v) is 12.2. The number of hydrogen-bond donors (Lipinski definition) is 1. The first-order valence-corrected chi connectivity index (χ1v) is 6.49. The number of hydrogen-bond acceptors (Lipinski definition) is 4. The predicted molar refractivity (Wildman–Crippen MR) is 70.1 cm³/mol. The molecule has 0 bridgehead atoms. The molecule has 0 aliphatic rings. The average molecular weight is 306 g/mol. The molecule has 1 heterocycles. The van der Waals surface area contributed by atoms with Crippen LogP contribution in [0.25, 0.3) is 0 Å². The van der Waals surface area contributed by atoms with Crippen LogP contribution in [0.3, 0.4) is 0 Å². The number of rotatable bonds is 8. The van der Waals surface area contributed by atoms with Gasteiger partial charge in [0.05, 0.1) is 42.2 Å². The smallest absolute Gasteiger partial charge is 0.0738 e. The van der Waals surface area contributed by atoms with Crippen LogP contribution < -0.4 is 5.32 Å². The van der Waals surface area contributed by atoms with Crippen molar-refractivity contribution < 1.29 is 9.47 Å². The summed E-state index contributed by atoms with van der Waals surface area (Å²) in [5.41, 5.74) is 1.12. The zero-order valence-electron chi connectivity index (χ0n) is 10.6. The van der Waals surface area contributed by atoms with Gasteiger partial charge in [0.25, 0.3) is 0 Å². The molecule has 1 N–H and O–H groups in total. The number of likely N-dealkylation sites (N-methyl/N-ethyl adjacent to an activating group) is 1. The van der Waals surface area contributed by atoms with Gasteiger partial charge in [0.15, 0.2) is 0 Å². The number of nitrogens with zero attached hydrogens (tertiary/aromatic N) is 2. The van der Waals surface area contributed by atoms with Crippen molar-refractivity contribution in [3.05, 3.63) is 16.4 Å². The van der Waals surface area contributed by atoms with E-state index in [1.807, 2.05) is 17.9 Å². The molecule has 98 valence electrons. The monoisotopic (exact) mass is 305 g/mol. The van der Waals surface area contributed by atoms with Crippen molar-refractivity contribution in [1.29, 1.82) is 0 Å². The molecule has 1 rings (SSSR count). The van der Waals surface area contributed by atoms with Crippen LogP contribution in [-0.4, -0.2) is 43.8 Å². The van der Waals surface area contributed by atoms with Crippen LogP contribution in [0, 0.1) is 0 Å². The minimum Gasteiger partial charge on any atom is -0.382 e. The highest BCUT2D eigenvalue weighted by Crippen LogP contribution is 2.23. The molecule has 0 aliphatic heterocycles. The van der Waals surface area contributed by atoms with Crippen LogP contribution in [0.15, 0.2) is 10.7 Å². The van der Waals surface area contributed by atoms with E-state index in [2.05, 4.69) is 33.3 Å². The van der Waals surface area contributed by atoms with Gasteiger partial charge in [-0.25, -0.2) is 0 Å². The average Bonchev–Trinajstić information content (AvgIpc) is 2.71. The van der Waals surface area contributed by atoms with Crippen molar-refractivity contribution >= 4 is 15.9 Å². The van der Waals surface area contributed by atoms with E-state index in [1.165, 1.54) is 0 Å². The summed E-state index contributed by atoms with van der Waals surface area (Å²) in [6.07, 6.45) is 1.82. The molecular weight excluding hydrogens is 286 g/mol. The lowest BCUT2D eigenvalue weighted by atomic mass is 10.2. The van der Waals surface area contributed by atoms with Gasteiger partial charge >= 0.3 is 0 Å². The SMILES string of the molecule is CCn1ncc(Br)c1C(COCCOC)NC. The summed E-state index contributed by atoms with van der Waals surface area (Å²) in [4.78, 5) is 0. The van der Waals surface area contributed by atoms with Crippen molar-refractivity contribution in [3.63, 3.8) is 0 Å². The third kappa shape index (κ3) is 4.06. The van der Waals surface area contributed by atoms with E-state index >= 15 is 0 Å². The standard InChI is InChI=1S/C11H20BrN3O2/c1-4-15-11(9(12)7-14-15)10(13-2)8-17-6-5-16-3/h7,10,13H,4-6,8H2,1-3H3. The van der Waals surface area contributed by atoms with Gasteiger partial charge in [0.1, 0.15) is 0 Å². The quantitative estimate of drug-likeness (QED) is 0.741. The van der Waals surface area contributed by atoms with E-state index in [4.69, 9.17) is 9.47 Å². The van der Waals surface area contributed by atoms with E-state index < -0.39 is 0 Å². The summed E-state index contributed by atoms with van der Waals surface area (Å²) in [5, 5.41) is 7.54. The summed E-state index contributed by atoms with van der Waals surface area (Å²) >= 11 is 3.52. The lowest BCUT2D eigenvalue weighted by Gasteiger charge is -2.18. The van der Waals surface area contributed by atoms with Crippen LogP contribution in [0.1, 0.15) is 18.7 Å². The third-order valence-electron chi connectivity index (χ3n) is 2.53. The van der Waals surface area contributed by atoms with Crippen LogP contribution in [0.2, 0.25) is 0 Å². The Bertz CT molecular complexity index is 331. The van der Waals surface area contributed by atoms with Crippen molar-refractivity contribution in [2.75, 3.05) is 34.0 Å². The van der Waals surface area contributed by atoms with Crippen LogP contribution >= 0.6 is 15.9 Å². The van der Waals surface area contributed by atoms with Gasteiger partial charge in [0, 0.05) is 13.7 Å². The Labute approximate surface area is 111 Å². The van der Waals surface area contributed by atoms with Gasteiger partial charge in [-0.2, -0.15) is 5.10 Å². The Hall–Kier alpha value is -0.430. The second kappa shape index (κ2) is 7.81. The second-order valence-electron chi connectivity index (χ2n) is 3.60. The zero-order chi connectivity index (χ0) is 12.7. The fourth-order valence-corrected chi connectivity index (χ4v) is 2.19. The van der Waals surface area contributed by atoms with E-state index in [-0.39, 0.29) is 6.04 Å². The Kier molecular flexibility index (Phi) is 6.72. The maximum atomic E-state index is 5.56. The van der Waals surface area contributed by atoms with Gasteiger partial charge in [-0.15, -0.1) is 0 Å². The number of nitrogens with one attached hydrogen (secondary N) is 1. The number of aryl methyl sites for hydroxylation is 1. The first kappa shape index (κ1) is 14.6. The molecule has 0 saturated carbocycles. The van der Waals surface area contributed by atoms with Crippen LogP contribution in [-0.2, 0) is 16.0 Å². The van der Waals surface area contributed by atoms with Crippen molar-refractivity contribution in [2.45, 2.75) is 19.5 Å². The minimum absolute atomic E-state index is 0.128. The molecule has 0 saturated heterocycles. The molecule has 1 atom stereocenters. The molecule has 1 aromatic rings.